The summed E-state index contributed by atoms with van der Waals surface area (Å²) in [7, 11) is 0. The normalized spacial score (nSPS) is 11.3. The van der Waals surface area contributed by atoms with Gasteiger partial charge < -0.3 is 5.32 Å². The maximum absolute atomic E-state index is 13.2. The molecule has 2 aromatic heterocycles. The maximum atomic E-state index is 13.2. The van der Waals surface area contributed by atoms with Crippen LogP contribution in [0.4, 0.5) is 29.1 Å². The molecule has 0 unspecified atom stereocenters. The predicted molar refractivity (Wildman–Crippen MR) is 79.9 cm³/mol. The second-order valence-electron chi connectivity index (χ2n) is 4.81. The van der Waals surface area contributed by atoms with Gasteiger partial charge in [-0.05, 0) is 30.3 Å². The molecule has 0 atom stereocenters. The number of rotatable bonds is 3. The Morgan fingerprint density at radius 1 is 0.917 bits per heavy atom. The molecule has 24 heavy (non-hydrogen) atoms. The van der Waals surface area contributed by atoms with E-state index in [9.17, 15) is 17.6 Å². The van der Waals surface area contributed by atoms with Crippen LogP contribution in [-0.2, 0) is 6.18 Å². The topological polar surface area (TPSA) is 50.7 Å². The van der Waals surface area contributed by atoms with Crippen LogP contribution in [0.15, 0.2) is 54.7 Å². The number of anilines is 2. The van der Waals surface area contributed by atoms with E-state index in [1.165, 1.54) is 30.5 Å². The fraction of sp³-hybridized carbons (Fsp3) is 0.0625. The molecule has 0 radical (unpaired) electrons. The number of alkyl halides is 3. The van der Waals surface area contributed by atoms with Gasteiger partial charge >= 0.3 is 6.18 Å². The molecule has 8 heteroatoms. The molecule has 0 saturated carbocycles. The molecule has 0 aliphatic heterocycles. The first-order valence-electron chi connectivity index (χ1n) is 6.82. The van der Waals surface area contributed by atoms with Crippen molar-refractivity contribution in [2.24, 2.45) is 0 Å². The van der Waals surface area contributed by atoms with Crippen molar-refractivity contribution in [2.45, 2.75) is 6.18 Å². The molecular weight excluding hydrogens is 324 g/mol. The van der Waals surface area contributed by atoms with Gasteiger partial charge in [-0.15, -0.1) is 0 Å². The number of hydrogen-bond donors (Lipinski definition) is 1. The Bertz CT molecular complexity index is 850. The van der Waals surface area contributed by atoms with Gasteiger partial charge in [0.2, 0.25) is 0 Å². The summed E-state index contributed by atoms with van der Waals surface area (Å²) in [6.07, 6.45) is -3.22. The molecule has 1 aromatic carbocycles. The van der Waals surface area contributed by atoms with Crippen molar-refractivity contribution < 1.29 is 17.6 Å². The summed E-state index contributed by atoms with van der Waals surface area (Å²) >= 11 is 0. The first-order valence-corrected chi connectivity index (χ1v) is 6.82. The smallest absolute Gasteiger partial charge is 0.340 e. The van der Waals surface area contributed by atoms with Crippen molar-refractivity contribution >= 4 is 11.5 Å². The van der Waals surface area contributed by atoms with Crippen LogP contribution < -0.4 is 5.32 Å². The van der Waals surface area contributed by atoms with Gasteiger partial charge in [-0.2, -0.15) is 13.2 Å². The molecule has 4 nitrogen and oxygen atoms in total. The highest BCUT2D eigenvalue weighted by Crippen LogP contribution is 2.31. The molecular formula is C16H10F4N4. The Morgan fingerprint density at radius 2 is 1.75 bits per heavy atom. The number of benzene rings is 1. The third-order valence-electron chi connectivity index (χ3n) is 3.01. The summed E-state index contributed by atoms with van der Waals surface area (Å²) in [5, 5.41) is 2.65. The number of nitrogens with zero attached hydrogens (tertiary/aromatic N) is 3. The molecule has 122 valence electrons. The number of halogens is 4. The quantitative estimate of drug-likeness (QED) is 0.720. The highest BCUT2D eigenvalue weighted by Gasteiger charge is 2.34. The zero-order chi connectivity index (χ0) is 17.2. The van der Waals surface area contributed by atoms with E-state index < -0.39 is 17.7 Å². The van der Waals surface area contributed by atoms with E-state index in [-0.39, 0.29) is 23.0 Å². The van der Waals surface area contributed by atoms with Crippen molar-refractivity contribution in [3.8, 4) is 11.5 Å². The molecule has 2 heterocycles. The lowest BCUT2D eigenvalue weighted by atomic mass is 10.3. The Hall–Kier alpha value is -3.03. The van der Waals surface area contributed by atoms with Gasteiger partial charge in [0.15, 0.2) is 11.5 Å². The lowest BCUT2D eigenvalue weighted by Crippen LogP contribution is -2.11. The molecule has 0 aliphatic carbocycles. The van der Waals surface area contributed by atoms with E-state index in [1.807, 2.05) is 0 Å². The van der Waals surface area contributed by atoms with E-state index in [1.54, 1.807) is 12.1 Å². The van der Waals surface area contributed by atoms with Gasteiger partial charge in [0, 0.05) is 18.0 Å². The number of hydrogen-bond acceptors (Lipinski definition) is 4. The van der Waals surface area contributed by atoms with Crippen LogP contribution in [0.1, 0.15) is 5.69 Å². The minimum Gasteiger partial charge on any atom is -0.340 e. The Kier molecular flexibility index (Phi) is 4.11. The van der Waals surface area contributed by atoms with E-state index in [0.29, 0.717) is 0 Å². The molecule has 1 N–H and O–H groups in total. The Labute approximate surface area is 134 Å². The van der Waals surface area contributed by atoms with E-state index in [0.717, 1.165) is 12.1 Å². The third kappa shape index (κ3) is 3.65. The highest BCUT2D eigenvalue weighted by molar-refractivity contribution is 5.60. The van der Waals surface area contributed by atoms with E-state index >= 15 is 0 Å². The van der Waals surface area contributed by atoms with Gasteiger partial charge in [0.1, 0.15) is 17.3 Å². The number of pyridine rings is 1. The summed E-state index contributed by atoms with van der Waals surface area (Å²) in [4.78, 5) is 11.5. The van der Waals surface area contributed by atoms with Gasteiger partial charge in [-0.1, -0.05) is 12.1 Å². The van der Waals surface area contributed by atoms with E-state index in [4.69, 9.17) is 0 Å². The SMILES string of the molecule is Fc1cccc(Nc2cc(C(F)(F)F)nc(-c3ccccn3)n2)c1. The Balaban J connectivity index is 2.05. The van der Waals surface area contributed by atoms with Crippen molar-refractivity contribution in [1.29, 1.82) is 0 Å². The Morgan fingerprint density at radius 3 is 2.42 bits per heavy atom. The van der Waals surface area contributed by atoms with Crippen LogP contribution in [0.2, 0.25) is 0 Å². The summed E-state index contributed by atoms with van der Waals surface area (Å²) < 4.78 is 52.4. The van der Waals surface area contributed by atoms with Crippen molar-refractivity contribution in [3.05, 3.63) is 66.2 Å². The monoisotopic (exact) mass is 334 g/mol. The maximum Gasteiger partial charge on any atom is 0.433 e. The molecule has 0 fully saturated rings. The van der Waals surface area contributed by atoms with Crippen molar-refractivity contribution in [3.63, 3.8) is 0 Å². The molecule has 0 spiro atoms. The zero-order valence-electron chi connectivity index (χ0n) is 12.0. The molecule has 0 amide bonds. The summed E-state index contributed by atoms with van der Waals surface area (Å²) in [6.45, 7) is 0. The van der Waals surface area contributed by atoms with Gasteiger partial charge in [-0.3, -0.25) is 4.98 Å². The summed E-state index contributed by atoms with van der Waals surface area (Å²) in [5.41, 5.74) is -0.642. The van der Waals surface area contributed by atoms with E-state index in [2.05, 4.69) is 20.3 Å². The van der Waals surface area contributed by atoms with Gasteiger partial charge in [0.05, 0.1) is 0 Å². The zero-order valence-corrected chi connectivity index (χ0v) is 12.0. The molecule has 3 aromatic rings. The minimum atomic E-state index is -4.65. The van der Waals surface area contributed by atoms with Crippen LogP contribution >= 0.6 is 0 Å². The second kappa shape index (κ2) is 6.23. The molecule has 3 rings (SSSR count). The summed E-state index contributed by atoms with van der Waals surface area (Å²) in [6, 6.07) is 10.8. The largest absolute Gasteiger partial charge is 0.433 e. The molecule has 0 aliphatic rings. The van der Waals surface area contributed by atoms with Crippen molar-refractivity contribution in [2.75, 3.05) is 5.32 Å². The molecule has 0 saturated heterocycles. The minimum absolute atomic E-state index is 0.108. The first-order chi connectivity index (χ1) is 11.4. The standard InChI is InChI=1S/C16H10F4N4/c17-10-4-3-5-11(8-10)22-14-9-13(16(18,19)20)23-15(24-14)12-6-1-2-7-21-12/h1-9H,(H,22,23,24). The van der Waals surface area contributed by atoms with Crippen LogP contribution in [0, 0.1) is 5.82 Å². The summed E-state index contributed by atoms with van der Waals surface area (Å²) in [5.74, 6) is -0.803. The fourth-order valence-electron chi connectivity index (χ4n) is 1.98. The van der Waals surface area contributed by atoms with Crippen LogP contribution in [-0.4, -0.2) is 15.0 Å². The van der Waals surface area contributed by atoms with Crippen LogP contribution in [0.3, 0.4) is 0 Å². The highest BCUT2D eigenvalue weighted by atomic mass is 19.4. The van der Waals surface area contributed by atoms with Crippen LogP contribution in [0.25, 0.3) is 11.5 Å². The second-order valence-corrected chi connectivity index (χ2v) is 4.81. The third-order valence-corrected chi connectivity index (χ3v) is 3.01. The van der Waals surface area contributed by atoms with Crippen LogP contribution in [0.5, 0.6) is 0 Å². The fourth-order valence-corrected chi connectivity index (χ4v) is 1.98. The van der Waals surface area contributed by atoms with Gasteiger partial charge in [0.25, 0.3) is 0 Å². The van der Waals surface area contributed by atoms with Crippen molar-refractivity contribution in [1.82, 2.24) is 15.0 Å². The van der Waals surface area contributed by atoms with Gasteiger partial charge in [-0.25, -0.2) is 14.4 Å². The average molecular weight is 334 g/mol. The molecule has 0 bridgehead atoms. The lowest BCUT2D eigenvalue weighted by Gasteiger charge is -2.11. The first kappa shape index (κ1) is 15.9. The predicted octanol–water partition coefficient (Wildman–Crippen LogP) is 4.44. The number of aromatic nitrogens is 3. The lowest BCUT2D eigenvalue weighted by molar-refractivity contribution is -0.141. The average Bonchev–Trinajstić information content (AvgIpc) is 2.54. The number of nitrogens with one attached hydrogen (secondary N) is 1.